The molecule has 0 saturated carbocycles. The lowest BCUT2D eigenvalue weighted by atomic mass is 10.1. The molecule has 1 unspecified atom stereocenters. The lowest BCUT2D eigenvalue weighted by molar-refractivity contribution is -0.150. The van der Waals surface area contributed by atoms with E-state index < -0.39 is 35.6 Å². The standard InChI is InChI=1S/C25H29N3O6/c1-5-17-6-8-18(9-7-17)27-23(30)14-21(25(27)32)28(24(31)16(2)3)26-22(29)15-34-20-12-10-19(33-4)11-13-20/h6-13,16,21H,5,14-15H2,1-4H3,(H,26,29). The Morgan fingerprint density at radius 3 is 2.24 bits per heavy atom. The van der Waals surface area contributed by atoms with Gasteiger partial charge in [-0.2, -0.15) is 0 Å². The monoisotopic (exact) mass is 467 g/mol. The van der Waals surface area contributed by atoms with Crippen LogP contribution < -0.4 is 19.8 Å². The molecule has 0 aliphatic carbocycles. The molecule has 9 heteroatoms. The van der Waals surface area contributed by atoms with Gasteiger partial charge in [-0.25, -0.2) is 9.91 Å². The number of hydrogen-bond acceptors (Lipinski definition) is 6. The second kappa shape index (κ2) is 10.8. The van der Waals surface area contributed by atoms with Crippen LogP contribution in [0.3, 0.4) is 0 Å². The number of rotatable bonds is 8. The molecule has 1 heterocycles. The van der Waals surface area contributed by atoms with Crippen molar-refractivity contribution in [2.75, 3.05) is 18.6 Å². The number of amides is 4. The number of nitrogens with one attached hydrogen (secondary N) is 1. The summed E-state index contributed by atoms with van der Waals surface area (Å²) in [4.78, 5) is 52.4. The molecule has 0 spiro atoms. The van der Waals surface area contributed by atoms with Crippen molar-refractivity contribution in [3.05, 3.63) is 54.1 Å². The smallest absolute Gasteiger partial charge is 0.276 e. The number of aryl methyl sites for hydroxylation is 1. The number of hydrogen-bond donors (Lipinski definition) is 1. The summed E-state index contributed by atoms with van der Waals surface area (Å²) in [5.74, 6) is -1.55. The van der Waals surface area contributed by atoms with E-state index in [1.807, 2.05) is 19.1 Å². The first kappa shape index (κ1) is 24.8. The number of imide groups is 1. The van der Waals surface area contributed by atoms with Crippen LogP contribution in [0.2, 0.25) is 0 Å². The fourth-order valence-corrected chi connectivity index (χ4v) is 3.52. The van der Waals surface area contributed by atoms with Gasteiger partial charge in [0.25, 0.3) is 11.8 Å². The lowest BCUT2D eigenvalue weighted by Crippen LogP contribution is -2.56. The van der Waals surface area contributed by atoms with E-state index in [2.05, 4.69) is 5.43 Å². The van der Waals surface area contributed by atoms with Crippen LogP contribution in [0.15, 0.2) is 48.5 Å². The average molecular weight is 468 g/mol. The first-order valence-corrected chi connectivity index (χ1v) is 11.1. The van der Waals surface area contributed by atoms with Crippen molar-refractivity contribution in [2.24, 2.45) is 5.92 Å². The van der Waals surface area contributed by atoms with Crippen LogP contribution >= 0.6 is 0 Å². The summed E-state index contributed by atoms with van der Waals surface area (Å²) in [6, 6.07) is 12.6. The first-order valence-electron chi connectivity index (χ1n) is 11.1. The second-order valence-corrected chi connectivity index (χ2v) is 8.17. The Morgan fingerprint density at radius 2 is 1.68 bits per heavy atom. The molecule has 9 nitrogen and oxygen atoms in total. The highest BCUT2D eigenvalue weighted by molar-refractivity contribution is 6.23. The number of anilines is 1. The summed E-state index contributed by atoms with van der Waals surface area (Å²) in [6.45, 7) is 4.93. The minimum Gasteiger partial charge on any atom is -0.497 e. The lowest BCUT2D eigenvalue weighted by Gasteiger charge is -2.29. The fourth-order valence-electron chi connectivity index (χ4n) is 3.52. The van der Waals surface area contributed by atoms with E-state index in [1.54, 1.807) is 57.4 Å². The van der Waals surface area contributed by atoms with E-state index in [1.165, 1.54) is 0 Å². The SMILES string of the molecule is CCc1ccc(N2C(=O)CC(N(NC(=O)COc3ccc(OC)cc3)C(=O)C(C)C)C2=O)cc1. The van der Waals surface area contributed by atoms with Gasteiger partial charge in [0.2, 0.25) is 11.8 Å². The molecule has 1 saturated heterocycles. The van der Waals surface area contributed by atoms with Crippen molar-refractivity contribution >= 4 is 29.3 Å². The van der Waals surface area contributed by atoms with E-state index in [4.69, 9.17) is 9.47 Å². The van der Waals surface area contributed by atoms with Gasteiger partial charge >= 0.3 is 0 Å². The molecule has 0 aromatic heterocycles. The van der Waals surface area contributed by atoms with Crippen molar-refractivity contribution < 1.29 is 28.7 Å². The van der Waals surface area contributed by atoms with Gasteiger partial charge in [0.15, 0.2) is 6.61 Å². The van der Waals surface area contributed by atoms with Gasteiger partial charge in [-0.05, 0) is 48.4 Å². The summed E-state index contributed by atoms with van der Waals surface area (Å²) in [7, 11) is 1.54. The summed E-state index contributed by atoms with van der Waals surface area (Å²) in [6.07, 6.45) is 0.596. The second-order valence-electron chi connectivity index (χ2n) is 8.17. The molecule has 1 fully saturated rings. The zero-order valence-corrected chi connectivity index (χ0v) is 19.7. The maximum absolute atomic E-state index is 13.2. The predicted octanol–water partition coefficient (Wildman–Crippen LogP) is 2.48. The number of hydrazine groups is 1. The van der Waals surface area contributed by atoms with Gasteiger partial charge in [-0.3, -0.25) is 24.6 Å². The Bertz CT molecular complexity index is 1050. The van der Waals surface area contributed by atoms with Crippen LogP contribution in [0.4, 0.5) is 5.69 Å². The highest BCUT2D eigenvalue weighted by Gasteiger charge is 2.45. The molecule has 1 N–H and O–H groups in total. The van der Waals surface area contributed by atoms with Crippen molar-refractivity contribution in [3.63, 3.8) is 0 Å². The van der Waals surface area contributed by atoms with Crippen LogP contribution in [0, 0.1) is 5.92 Å². The number of nitrogens with zero attached hydrogens (tertiary/aromatic N) is 2. The van der Waals surface area contributed by atoms with Crippen LogP contribution in [0.5, 0.6) is 11.5 Å². The van der Waals surface area contributed by atoms with E-state index in [0.717, 1.165) is 21.9 Å². The number of benzene rings is 2. The largest absolute Gasteiger partial charge is 0.497 e. The summed E-state index contributed by atoms with van der Waals surface area (Å²) < 4.78 is 10.5. The molecule has 1 aliphatic rings. The number of carbonyl (C=O) groups is 4. The summed E-state index contributed by atoms with van der Waals surface area (Å²) in [5.41, 5.74) is 3.97. The van der Waals surface area contributed by atoms with Gasteiger partial charge in [-0.15, -0.1) is 0 Å². The Hall–Kier alpha value is -3.88. The van der Waals surface area contributed by atoms with E-state index in [9.17, 15) is 19.2 Å². The summed E-state index contributed by atoms with van der Waals surface area (Å²) in [5, 5.41) is 0.963. The number of ether oxygens (including phenoxy) is 2. The average Bonchev–Trinajstić information content (AvgIpc) is 3.14. The molecular formula is C25H29N3O6. The minimum atomic E-state index is -1.14. The van der Waals surface area contributed by atoms with Crippen LogP contribution in [0.25, 0.3) is 0 Å². The summed E-state index contributed by atoms with van der Waals surface area (Å²) >= 11 is 0. The maximum atomic E-state index is 13.2. The molecule has 0 bridgehead atoms. The van der Waals surface area contributed by atoms with Gasteiger partial charge in [0.05, 0.1) is 19.2 Å². The topological polar surface area (TPSA) is 105 Å². The Morgan fingerprint density at radius 1 is 1.06 bits per heavy atom. The quantitative estimate of drug-likeness (QED) is 0.472. The van der Waals surface area contributed by atoms with Gasteiger partial charge in [-0.1, -0.05) is 32.9 Å². The van der Waals surface area contributed by atoms with Crippen molar-refractivity contribution in [3.8, 4) is 11.5 Å². The van der Waals surface area contributed by atoms with Crippen molar-refractivity contribution in [2.45, 2.75) is 39.7 Å². The Kier molecular flexibility index (Phi) is 7.88. The number of carbonyl (C=O) groups excluding carboxylic acids is 4. The van der Waals surface area contributed by atoms with Crippen LogP contribution in [-0.4, -0.2) is 48.4 Å². The fraction of sp³-hybridized carbons (Fsp3) is 0.360. The molecule has 34 heavy (non-hydrogen) atoms. The highest BCUT2D eigenvalue weighted by Crippen LogP contribution is 2.26. The predicted molar refractivity (Wildman–Crippen MR) is 125 cm³/mol. The zero-order chi connectivity index (χ0) is 24.8. The third-order valence-corrected chi connectivity index (χ3v) is 5.44. The van der Waals surface area contributed by atoms with Crippen molar-refractivity contribution in [1.82, 2.24) is 10.4 Å². The normalized spacial score (nSPS) is 15.4. The number of methoxy groups -OCH3 is 1. The molecule has 3 rings (SSSR count). The van der Waals surface area contributed by atoms with Gasteiger partial charge in [0, 0.05) is 5.92 Å². The molecule has 2 aromatic carbocycles. The molecule has 0 radical (unpaired) electrons. The highest BCUT2D eigenvalue weighted by atomic mass is 16.5. The zero-order valence-electron chi connectivity index (χ0n) is 19.7. The molecular weight excluding hydrogens is 438 g/mol. The maximum Gasteiger partial charge on any atom is 0.276 e. The van der Waals surface area contributed by atoms with Gasteiger partial charge < -0.3 is 9.47 Å². The molecule has 1 atom stereocenters. The van der Waals surface area contributed by atoms with E-state index in [-0.39, 0.29) is 13.0 Å². The third-order valence-electron chi connectivity index (χ3n) is 5.44. The Labute approximate surface area is 198 Å². The third kappa shape index (κ3) is 5.54. The minimum absolute atomic E-state index is 0.230. The van der Waals surface area contributed by atoms with Crippen LogP contribution in [-0.2, 0) is 25.6 Å². The van der Waals surface area contributed by atoms with E-state index in [0.29, 0.717) is 17.2 Å². The van der Waals surface area contributed by atoms with Gasteiger partial charge in [0.1, 0.15) is 17.5 Å². The molecule has 4 amide bonds. The van der Waals surface area contributed by atoms with Crippen molar-refractivity contribution in [1.29, 1.82) is 0 Å². The van der Waals surface area contributed by atoms with E-state index >= 15 is 0 Å². The molecule has 180 valence electrons. The molecule has 1 aliphatic heterocycles. The Balaban J connectivity index is 1.73. The molecule has 2 aromatic rings. The first-order chi connectivity index (χ1) is 16.2. The van der Waals surface area contributed by atoms with Crippen LogP contribution in [0.1, 0.15) is 32.8 Å².